The van der Waals surface area contributed by atoms with Gasteiger partial charge in [0.05, 0.1) is 7.11 Å². The summed E-state index contributed by atoms with van der Waals surface area (Å²) >= 11 is 5.05. The number of hydrogen-bond acceptors (Lipinski definition) is 3. The molecule has 0 saturated heterocycles. The minimum Gasteiger partial charge on any atom is -0.496 e. The molecule has 0 aliphatic rings. The van der Waals surface area contributed by atoms with Gasteiger partial charge in [0.2, 0.25) is 0 Å². The summed E-state index contributed by atoms with van der Waals surface area (Å²) in [5.41, 5.74) is 7.72. The number of thiocarbonyl (C=S) groups is 1. The lowest BCUT2D eigenvalue weighted by molar-refractivity contribution is 0.218. The molecule has 0 spiro atoms. The third-order valence-corrected chi connectivity index (χ3v) is 3.79. The molecule has 1 atom stereocenters. The van der Waals surface area contributed by atoms with Gasteiger partial charge in [0.25, 0.3) is 0 Å². The summed E-state index contributed by atoms with van der Waals surface area (Å²) in [5, 5.41) is 0. The van der Waals surface area contributed by atoms with Crippen LogP contribution in [0.1, 0.15) is 38.3 Å². The summed E-state index contributed by atoms with van der Waals surface area (Å²) in [6, 6.07) is 6.39. The van der Waals surface area contributed by atoms with E-state index in [-0.39, 0.29) is 0 Å². The van der Waals surface area contributed by atoms with Crippen molar-refractivity contribution >= 4 is 17.2 Å². The Kier molecular flexibility index (Phi) is 6.43. The minimum absolute atomic E-state index is 0.423. The highest BCUT2D eigenvalue weighted by molar-refractivity contribution is 7.80. The first-order valence-electron chi connectivity index (χ1n) is 7.02. The maximum atomic E-state index is 5.71. The number of benzene rings is 1. The van der Waals surface area contributed by atoms with Crippen molar-refractivity contribution in [2.75, 3.05) is 14.2 Å². The molecule has 0 aliphatic heterocycles. The summed E-state index contributed by atoms with van der Waals surface area (Å²) in [5.74, 6) is 1.57. The van der Waals surface area contributed by atoms with E-state index in [2.05, 4.69) is 32.7 Å². The number of nitrogens with two attached hydrogens (primary N) is 1. The molecular formula is C16H26N2OS. The molecule has 1 unspecified atom stereocenters. The lowest BCUT2D eigenvalue weighted by atomic mass is 10.0. The Bertz CT molecular complexity index is 460. The van der Waals surface area contributed by atoms with E-state index in [1.54, 1.807) is 7.11 Å². The summed E-state index contributed by atoms with van der Waals surface area (Å²) in [4.78, 5) is 2.76. The van der Waals surface area contributed by atoms with Gasteiger partial charge in [-0.15, -0.1) is 0 Å². The highest BCUT2D eigenvalue weighted by Crippen LogP contribution is 2.23. The average molecular weight is 294 g/mol. The SMILES string of the molecule is COc1ccc(C(N)=S)cc1CN(C)C(C)CC(C)C. The van der Waals surface area contributed by atoms with E-state index in [0.717, 1.165) is 23.4 Å². The van der Waals surface area contributed by atoms with E-state index in [0.29, 0.717) is 16.9 Å². The predicted octanol–water partition coefficient (Wildman–Crippen LogP) is 3.20. The van der Waals surface area contributed by atoms with Gasteiger partial charge in [0.1, 0.15) is 10.7 Å². The van der Waals surface area contributed by atoms with Gasteiger partial charge in [-0.1, -0.05) is 26.1 Å². The van der Waals surface area contributed by atoms with E-state index in [4.69, 9.17) is 22.7 Å². The second-order valence-corrected chi connectivity index (χ2v) is 6.22. The van der Waals surface area contributed by atoms with Crippen molar-refractivity contribution in [2.24, 2.45) is 11.7 Å². The Morgan fingerprint density at radius 1 is 1.35 bits per heavy atom. The van der Waals surface area contributed by atoms with Crippen molar-refractivity contribution in [3.63, 3.8) is 0 Å². The van der Waals surface area contributed by atoms with Crippen molar-refractivity contribution in [3.8, 4) is 5.75 Å². The molecule has 20 heavy (non-hydrogen) atoms. The summed E-state index contributed by atoms with van der Waals surface area (Å²) in [6.07, 6.45) is 1.17. The van der Waals surface area contributed by atoms with Crippen molar-refractivity contribution in [2.45, 2.75) is 39.8 Å². The van der Waals surface area contributed by atoms with Crippen molar-refractivity contribution in [1.82, 2.24) is 4.90 Å². The van der Waals surface area contributed by atoms with E-state index in [9.17, 15) is 0 Å². The molecule has 3 nitrogen and oxygen atoms in total. The van der Waals surface area contributed by atoms with Gasteiger partial charge in [0, 0.05) is 23.7 Å². The smallest absolute Gasteiger partial charge is 0.123 e. The van der Waals surface area contributed by atoms with Gasteiger partial charge in [-0.3, -0.25) is 4.90 Å². The first kappa shape index (κ1) is 16.9. The standard InChI is InChI=1S/C16H26N2OS/c1-11(2)8-12(3)18(4)10-14-9-13(16(17)20)6-7-15(14)19-5/h6-7,9,11-12H,8,10H2,1-5H3,(H2,17,20). The lowest BCUT2D eigenvalue weighted by Crippen LogP contribution is -2.30. The van der Waals surface area contributed by atoms with Gasteiger partial charge in [-0.25, -0.2) is 0 Å². The Labute approximate surface area is 128 Å². The summed E-state index contributed by atoms with van der Waals surface area (Å²) in [7, 11) is 3.83. The van der Waals surface area contributed by atoms with Crippen LogP contribution in [0.3, 0.4) is 0 Å². The third kappa shape index (κ3) is 4.76. The van der Waals surface area contributed by atoms with Crippen LogP contribution in [0.2, 0.25) is 0 Å². The van der Waals surface area contributed by atoms with Crippen LogP contribution in [0, 0.1) is 5.92 Å². The van der Waals surface area contributed by atoms with Crippen molar-refractivity contribution in [3.05, 3.63) is 29.3 Å². The predicted molar refractivity (Wildman–Crippen MR) is 89.3 cm³/mol. The van der Waals surface area contributed by atoms with Crippen LogP contribution in [0.5, 0.6) is 5.75 Å². The second-order valence-electron chi connectivity index (χ2n) is 5.78. The molecule has 112 valence electrons. The molecule has 0 saturated carbocycles. The maximum absolute atomic E-state index is 5.71. The van der Waals surface area contributed by atoms with Crippen LogP contribution in [0.25, 0.3) is 0 Å². The molecule has 0 radical (unpaired) electrons. The van der Waals surface area contributed by atoms with Gasteiger partial charge < -0.3 is 10.5 Å². The van der Waals surface area contributed by atoms with Crippen LogP contribution in [0.15, 0.2) is 18.2 Å². The quantitative estimate of drug-likeness (QED) is 0.784. The van der Waals surface area contributed by atoms with E-state index >= 15 is 0 Å². The molecule has 4 heteroatoms. The Morgan fingerprint density at radius 2 is 2.00 bits per heavy atom. The zero-order valence-corrected chi connectivity index (χ0v) is 14.0. The van der Waals surface area contributed by atoms with E-state index < -0.39 is 0 Å². The average Bonchev–Trinajstić information content (AvgIpc) is 2.37. The van der Waals surface area contributed by atoms with Crippen LogP contribution < -0.4 is 10.5 Å². The fourth-order valence-electron chi connectivity index (χ4n) is 2.34. The molecule has 0 aromatic heterocycles. The first-order valence-corrected chi connectivity index (χ1v) is 7.43. The minimum atomic E-state index is 0.423. The van der Waals surface area contributed by atoms with Crippen molar-refractivity contribution in [1.29, 1.82) is 0 Å². The first-order chi connectivity index (χ1) is 9.35. The molecule has 1 rings (SSSR count). The topological polar surface area (TPSA) is 38.5 Å². The number of ether oxygens (including phenoxy) is 1. The lowest BCUT2D eigenvalue weighted by Gasteiger charge is -2.27. The summed E-state index contributed by atoms with van der Waals surface area (Å²) < 4.78 is 5.43. The van der Waals surface area contributed by atoms with Gasteiger partial charge in [-0.2, -0.15) is 0 Å². The zero-order chi connectivity index (χ0) is 15.3. The zero-order valence-electron chi connectivity index (χ0n) is 13.1. The molecule has 0 amide bonds. The molecule has 1 aromatic rings. The number of hydrogen-bond donors (Lipinski definition) is 1. The third-order valence-electron chi connectivity index (χ3n) is 3.55. The fourth-order valence-corrected chi connectivity index (χ4v) is 2.47. The number of rotatable bonds is 7. The van der Waals surface area contributed by atoms with Crippen LogP contribution >= 0.6 is 12.2 Å². The van der Waals surface area contributed by atoms with Crippen LogP contribution in [-0.4, -0.2) is 30.1 Å². The van der Waals surface area contributed by atoms with Gasteiger partial charge >= 0.3 is 0 Å². The largest absolute Gasteiger partial charge is 0.496 e. The van der Waals surface area contributed by atoms with Crippen LogP contribution in [-0.2, 0) is 6.54 Å². The molecule has 0 aliphatic carbocycles. The molecule has 0 heterocycles. The van der Waals surface area contributed by atoms with E-state index in [1.165, 1.54) is 6.42 Å². The Hall–Kier alpha value is -1.13. The Morgan fingerprint density at radius 3 is 2.50 bits per heavy atom. The van der Waals surface area contributed by atoms with Crippen LogP contribution in [0.4, 0.5) is 0 Å². The highest BCUT2D eigenvalue weighted by atomic mass is 32.1. The number of methoxy groups -OCH3 is 1. The molecular weight excluding hydrogens is 268 g/mol. The monoisotopic (exact) mass is 294 g/mol. The molecule has 2 N–H and O–H groups in total. The fraction of sp³-hybridized carbons (Fsp3) is 0.562. The highest BCUT2D eigenvalue weighted by Gasteiger charge is 2.14. The molecule has 0 fully saturated rings. The summed E-state index contributed by atoms with van der Waals surface area (Å²) in [6.45, 7) is 7.58. The van der Waals surface area contributed by atoms with Gasteiger partial charge in [0.15, 0.2) is 0 Å². The maximum Gasteiger partial charge on any atom is 0.123 e. The molecule has 1 aromatic carbocycles. The van der Waals surface area contributed by atoms with Crippen molar-refractivity contribution < 1.29 is 4.74 Å². The van der Waals surface area contributed by atoms with E-state index in [1.807, 2.05) is 18.2 Å². The van der Waals surface area contributed by atoms with Gasteiger partial charge in [-0.05, 0) is 44.5 Å². The Balaban J connectivity index is 2.89. The second kappa shape index (κ2) is 7.60. The number of nitrogens with zero attached hydrogens (tertiary/aromatic N) is 1. The molecule has 0 bridgehead atoms. The normalized spacial score (nSPS) is 12.8.